The Bertz CT molecular complexity index is 485. The molecule has 1 rings (SSSR count). The van der Waals surface area contributed by atoms with Crippen LogP contribution in [0.1, 0.15) is 12.5 Å². The first kappa shape index (κ1) is 14.3. The van der Waals surface area contributed by atoms with Gasteiger partial charge in [-0.25, -0.2) is 4.79 Å². The van der Waals surface area contributed by atoms with Crippen LogP contribution in [0.25, 0.3) is 6.08 Å². The first-order chi connectivity index (χ1) is 8.49. The van der Waals surface area contributed by atoms with Gasteiger partial charge in [-0.2, -0.15) is 4.39 Å². The predicted octanol–water partition coefficient (Wildman–Crippen LogP) is 3.14. The molecule has 0 atom stereocenters. The topological polar surface area (TPSA) is 55.8 Å². The van der Waals surface area contributed by atoms with Gasteiger partial charge in [-0.15, -0.1) is 0 Å². The monoisotopic (exact) mass is 274 g/mol. The summed E-state index contributed by atoms with van der Waals surface area (Å²) in [7, 11) is 1.43. The molecule has 6 heteroatoms. The summed E-state index contributed by atoms with van der Waals surface area (Å²) in [4.78, 5) is 10.4. The number of hydrogen-bond acceptors (Lipinski definition) is 3. The lowest BCUT2D eigenvalue weighted by Crippen LogP contribution is -1.97. The lowest BCUT2D eigenvalue weighted by molar-refractivity contribution is -0.134. The fraction of sp³-hybridized carbons (Fsp3) is 0.250. The van der Waals surface area contributed by atoms with Crippen LogP contribution < -0.4 is 9.47 Å². The Hall–Kier alpha value is -1.75. The van der Waals surface area contributed by atoms with E-state index >= 15 is 0 Å². The highest BCUT2D eigenvalue weighted by atomic mass is 35.5. The highest BCUT2D eigenvalue weighted by Gasteiger charge is 2.12. The van der Waals surface area contributed by atoms with Crippen LogP contribution in [0.4, 0.5) is 4.39 Å². The Balaban J connectivity index is 3.24. The smallest absolute Gasteiger partial charge is 0.364 e. The summed E-state index contributed by atoms with van der Waals surface area (Å²) in [6, 6.07) is 2.85. The maximum Gasteiger partial charge on any atom is 0.364 e. The standard InChI is InChI=1S/C12H12ClFO4/c1-3-18-10-6-7(5-9(14)12(15)16)4-8(13)11(10)17-2/h4-6H,3H2,1-2H3,(H,15,16). The van der Waals surface area contributed by atoms with Crippen LogP contribution >= 0.6 is 11.6 Å². The summed E-state index contributed by atoms with van der Waals surface area (Å²) in [5.74, 6) is -2.26. The molecule has 1 N–H and O–H groups in total. The fourth-order valence-corrected chi connectivity index (χ4v) is 1.64. The summed E-state index contributed by atoms with van der Waals surface area (Å²) in [6.45, 7) is 2.15. The summed E-state index contributed by atoms with van der Waals surface area (Å²) in [5.41, 5.74) is 0.282. The Labute approximate surface area is 109 Å². The van der Waals surface area contributed by atoms with Crippen LogP contribution in [0.3, 0.4) is 0 Å². The second kappa shape index (κ2) is 6.26. The van der Waals surface area contributed by atoms with Gasteiger partial charge in [0.05, 0.1) is 18.7 Å². The van der Waals surface area contributed by atoms with E-state index in [2.05, 4.69) is 0 Å². The maximum absolute atomic E-state index is 13.0. The van der Waals surface area contributed by atoms with E-state index in [0.29, 0.717) is 18.1 Å². The molecule has 0 saturated carbocycles. The number of aliphatic carboxylic acids is 1. The molecule has 0 aliphatic carbocycles. The molecule has 0 bridgehead atoms. The zero-order valence-corrected chi connectivity index (χ0v) is 10.6. The summed E-state index contributed by atoms with van der Waals surface area (Å²) < 4.78 is 23.3. The molecular weight excluding hydrogens is 263 g/mol. The van der Waals surface area contributed by atoms with Crippen LogP contribution in [0.5, 0.6) is 11.5 Å². The van der Waals surface area contributed by atoms with Gasteiger partial charge >= 0.3 is 5.97 Å². The highest BCUT2D eigenvalue weighted by molar-refractivity contribution is 6.32. The Kier molecular flexibility index (Phi) is 4.97. The normalized spacial score (nSPS) is 11.2. The molecule has 1 aromatic carbocycles. The van der Waals surface area contributed by atoms with Crippen molar-refractivity contribution in [1.82, 2.24) is 0 Å². The SMILES string of the molecule is CCOc1cc(C=C(F)C(=O)O)cc(Cl)c1OC. The van der Waals surface area contributed by atoms with Crippen LogP contribution in [0, 0.1) is 0 Å². The number of ether oxygens (including phenoxy) is 2. The molecule has 4 nitrogen and oxygen atoms in total. The molecule has 0 radical (unpaired) electrons. The van der Waals surface area contributed by atoms with Crippen LogP contribution in [0.15, 0.2) is 18.0 Å². The number of benzene rings is 1. The third kappa shape index (κ3) is 3.37. The summed E-state index contributed by atoms with van der Waals surface area (Å²) >= 11 is 5.93. The predicted molar refractivity (Wildman–Crippen MR) is 65.9 cm³/mol. The molecule has 18 heavy (non-hydrogen) atoms. The Morgan fingerprint density at radius 1 is 1.56 bits per heavy atom. The molecule has 0 fully saturated rings. The van der Waals surface area contributed by atoms with E-state index < -0.39 is 11.8 Å². The molecule has 0 spiro atoms. The third-order valence-electron chi connectivity index (χ3n) is 2.03. The van der Waals surface area contributed by atoms with E-state index in [4.69, 9.17) is 26.2 Å². The minimum absolute atomic E-state index is 0.216. The van der Waals surface area contributed by atoms with Gasteiger partial charge in [0.15, 0.2) is 11.5 Å². The quantitative estimate of drug-likeness (QED) is 0.838. The maximum atomic E-state index is 13.0. The van der Waals surface area contributed by atoms with E-state index in [9.17, 15) is 9.18 Å². The average Bonchev–Trinajstić information content (AvgIpc) is 2.29. The second-order valence-corrected chi connectivity index (χ2v) is 3.67. The molecule has 0 amide bonds. The van der Waals surface area contributed by atoms with Gasteiger partial charge in [-0.1, -0.05) is 11.6 Å². The molecule has 98 valence electrons. The van der Waals surface area contributed by atoms with Crippen molar-refractivity contribution < 1.29 is 23.8 Å². The molecule has 0 unspecified atom stereocenters. The number of methoxy groups -OCH3 is 1. The molecule has 0 saturated heterocycles. The summed E-state index contributed by atoms with van der Waals surface area (Å²) in [6.07, 6.45) is 0.857. The van der Waals surface area contributed by atoms with Crippen molar-refractivity contribution in [1.29, 1.82) is 0 Å². The lowest BCUT2D eigenvalue weighted by Gasteiger charge is -2.11. The van der Waals surface area contributed by atoms with Gasteiger partial charge in [0.1, 0.15) is 0 Å². The van der Waals surface area contributed by atoms with Crippen molar-refractivity contribution in [2.45, 2.75) is 6.92 Å². The Morgan fingerprint density at radius 2 is 2.22 bits per heavy atom. The van der Waals surface area contributed by atoms with Crippen LogP contribution in [-0.4, -0.2) is 24.8 Å². The number of carboxylic acids is 1. The van der Waals surface area contributed by atoms with Crippen molar-refractivity contribution in [3.8, 4) is 11.5 Å². The molecule has 1 aromatic rings. The van der Waals surface area contributed by atoms with E-state index in [0.717, 1.165) is 6.08 Å². The molecule has 0 aliphatic heterocycles. The molecule has 0 aromatic heterocycles. The van der Waals surface area contributed by atoms with Crippen molar-refractivity contribution in [3.63, 3.8) is 0 Å². The number of hydrogen-bond donors (Lipinski definition) is 1. The van der Waals surface area contributed by atoms with Gasteiger partial charge in [-0.05, 0) is 30.7 Å². The van der Waals surface area contributed by atoms with E-state index in [1.165, 1.54) is 19.2 Å². The van der Waals surface area contributed by atoms with Gasteiger partial charge < -0.3 is 14.6 Å². The first-order valence-electron chi connectivity index (χ1n) is 5.10. The average molecular weight is 275 g/mol. The minimum atomic E-state index is -1.64. The molecule has 0 heterocycles. The largest absolute Gasteiger partial charge is 0.491 e. The zero-order valence-electron chi connectivity index (χ0n) is 9.87. The number of carbonyl (C=O) groups is 1. The van der Waals surface area contributed by atoms with Crippen LogP contribution in [-0.2, 0) is 4.79 Å². The van der Waals surface area contributed by atoms with Gasteiger partial charge in [0.25, 0.3) is 0 Å². The second-order valence-electron chi connectivity index (χ2n) is 3.26. The van der Waals surface area contributed by atoms with Gasteiger partial charge in [0.2, 0.25) is 5.83 Å². The van der Waals surface area contributed by atoms with Crippen molar-refractivity contribution in [2.24, 2.45) is 0 Å². The van der Waals surface area contributed by atoms with E-state index in [1.54, 1.807) is 6.92 Å². The highest BCUT2D eigenvalue weighted by Crippen LogP contribution is 2.36. The molecule has 0 aliphatic rings. The third-order valence-corrected chi connectivity index (χ3v) is 2.31. The first-order valence-corrected chi connectivity index (χ1v) is 5.48. The fourth-order valence-electron chi connectivity index (χ4n) is 1.34. The van der Waals surface area contributed by atoms with Crippen molar-refractivity contribution >= 4 is 23.6 Å². The number of halogens is 2. The number of rotatable bonds is 5. The van der Waals surface area contributed by atoms with E-state index in [-0.39, 0.29) is 10.6 Å². The Morgan fingerprint density at radius 3 is 2.72 bits per heavy atom. The summed E-state index contributed by atoms with van der Waals surface area (Å²) in [5, 5.41) is 8.67. The van der Waals surface area contributed by atoms with Gasteiger partial charge in [0, 0.05) is 0 Å². The van der Waals surface area contributed by atoms with Gasteiger partial charge in [-0.3, -0.25) is 0 Å². The van der Waals surface area contributed by atoms with E-state index in [1.807, 2.05) is 0 Å². The minimum Gasteiger partial charge on any atom is -0.491 e. The van der Waals surface area contributed by atoms with Crippen molar-refractivity contribution in [2.75, 3.05) is 13.7 Å². The lowest BCUT2D eigenvalue weighted by atomic mass is 10.2. The molecular formula is C12H12ClFO4. The van der Waals surface area contributed by atoms with Crippen LogP contribution in [0.2, 0.25) is 5.02 Å². The zero-order chi connectivity index (χ0) is 13.7. The number of carboxylic acid groups (broad SMARTS) is 1. The van der Waals surface area contributed by atoms with Crippen molar-refractivity contribution in [3.05, 3.63) is 28.5 Å².